The summed E-state index contributed by atoms with van der Waals surface area (Å²) in [7, 11) is 0. The van der Waals surface area contributed by atoms with Gasteiger partial charge in [0.2, 0.25) is 0 Å². The lowest BCUT2D eigenvalue weighted by molar-refractivity contribution is -0.507. The Balaban J connectivity index is 4.28. The molecule has 62 valence electrons. The van der Waals surface area contributed by atoms with Crippen LogP contribution >= 0.6 is 0 Å². The molecule has 0 fully saturated rings. The maximum Gasteiger partial charge on any atom is 0.120 e. The van der Waals surface area contributed by atoms with Crippen LogP contribution in [-0.4, -0.2) is 16.2 Å². The summed E-state index contributed by atoms with van der Waals surface area (Å²) in [6.07, 6.45) is 1.68. The maximum atomic E-state index is 9.79. The minimum Gasteiger partial charge on any atom is -0.384 e. The lowest BCUT2D eigenvalue weighted by atomic mass is 9.80. The average molecular weight is 146 g/mol. The zero-order valence-electron chi connectivity index (χ0n) is 7.57. The highest BCUT2D eigenvalue weighted by Crippen LogP contribution is 2.23. The van der Waals surface area contributed by atoms with E-state index in [1.165, 1.54) is 0 Å². The third kappa shape index (κ3) is 1.70. The van der Waals surface area contributed by atoms with Crippen molar-refractivity contribution in [2.45, 2.75) is 51.7 Å². The lowest BCUT2D eigenvalue weighted by Gasteiger charge is -2.34. The third-order valence-electron chi connectivity index (χ3n) is 2.77. The molecule has 0 bridgehead atoms. The summed E-state index contributed by atoms with van der Waals surface area (Å²) in [5.41, 5.74) is 3.15. The van der Waals surface area contributed by atoms with Crippen LogP contribution in [0.25, 0.3) is 0 Å². The summed E-state index contributed by atoms with van der Waals surface area (Å²) in [5, 5.41) is 9.79. The molecule has 0 aliphatic heterocycles. The van der Waals surface area contributed by atoms with Crippen molar-refractivity contribution in [3.05, 3.63) is 0 Å². The van der Waals surface area contributed by atoms with Crippen molar-refractivity contribution in [3.63, 3.8) is 0 Å². The first-order valence-corrected chi connectivity index (χ1v) is 3.95. The average Bonchev–Trinajstić information content (AvgIpc) is 1.88. The van der Waals surface area contributed by atoms with E-state index in [-0.39, 0.29) is 5.54 Å². The Bertz CT molecular complexity index is 93.8. The van der Waals surface area contributed by atoms with Crippen molar-refractivity contribution in [1.82, 2.24) is 0 Å². The highest BCUT2D eigenvalue weighted by atomic mass is 16.3. The molecule has 0 aromatic heterocycles. The Morgan fingerprint density at radius 2 is 1.60 bits per heavy atom. The van der Waals surface area contributed by atoms with E-state index >= 15 is 0 Å². The largest absolute Gasteiger partial charge is 0.384 e. The van der Waals surface area contributed by atoms with Crippen LogP contribution in [0.2, 0.25) is 0 Å². The normalized spacial score (nSPS) is 23.4. The molecule has 0 saturated carbocycles. The van der Waals surface area contributed by atoms with Gasteiger partial charge in [-0.05, 0) is 20.3 Å². The Hall–Kier alpha value is -0.0800. The summed E-state index contributed by atoms with van der Waals surface area (Å²) < 4.78 is 0. The van der Waals surface area contributed by atoms with Gasteiger partial charge in [-0.15, -0.1) is 0 Å². The molecule has 4 N–H and O–H groups in total. The number of hydrogen-bond acceptors (Lipinski definition) is 1. The van der Waals surface area contributed by atoms with Crippen LogP contribution in [0.4, 0.5) is 0 Å². The minimum absolute atomic E-state index is 0.207. The summed E-state index contributed by atoms with van der Waals surface area (Å²) in [6, 6.07) is 0. The van der Waals surface area contributed by atoms with Crippen LogP contribution in [0.15, 0.2) is 0 Å². The molecule has 0 amide bonds. The molecule has 0 aliphatic rings. The van der Waals surface area contributed by atoms with Gasteiger partial charge in [-0.2, -0.15) is 0 Å². The molecule has 0 aromatic carbocycles. The van der Waals surface area contributed by atoms with E-state index in [1.54, 1.807) is 0 Å². The van der Waals surface area contributed by atoms with Crippen molar-refractivity contribution in [3.8, 4) is 0 Å². The van der Waals surface area contributed by atoms with E-state index in [9.17, 15) is 5.11 Å². The van der Waals surface area contributed by atoms with Crippen molar-refractivity contribution < 1.29 is 10.8 Å². The zero-order chi connectivity index (χ0) is 8.41. The number of aliphatic hydroxyl groups is 1. The second-order valence-corrected chi connectivity index (χ2v) is 3.54. The first-order valence-electron chi connectivity index (χ1n) is 3.95. The maximum absolute atomic E-state index is 9.79. The van der Waals surface area contributed by atoms with Crippen molar-refractivity contribution in [2.75, 3.05) is 0 Å². The van der Waals surface area contributed by atoms with E-state index in [2.05, 4.69) is 12.7 Å². The van der Waals surface area contributed by atoms with E-state index in [4.69, 9.17) is 0 Å². The fourth-order valence-electron chi connectivity index (χ4n) is 0.808. The molecule has 0 rings (SSSR count). The van der Waals surface area contributed by atoms with Crippen LogP contribution in [0.5, 0.6) is 0 Å². The number of rotatable bonds is 3. The van der Waals surface area contributed by atoms with Gasteiger partial charge in [0.1, 0.15) is 11.1 Å². The Morgan fingerprint density at radius 1 is 1.20 bits per heavy atom. The second kappa shape index (κ2) is 2.89. The highest BCUT2D eigenvalue weighted by Gasteiger charge is 2.40. The van der Waals surface area contributed by atoms with Gasteiger partial charge in [-0.1, -0.05) is 13.8 Å². The predicted molar refractivity (Wildman–Crippen MR) is 42.5 cm³/mol. The topological polar surface area (TPSA) is 47.9 Å². The van der Waals surface area contributed by atoms with Gasteiger partial charge in [0.05, 0.1) is 0 Å². The van der Waals surface area contributed by atoms with Crippen LogP contribution < -0.4 is 5.73 Å². The molecule has 0 radical (unpaired) electrons. The zero-order valence-corrected chi connectivity index (χ0v) is 7.57. The first-order chi connectivity index (χ1) is 4.37. The molecule has 0 spiro atoms. The van der Waals surface area contributed by atoms with Crippen molar-refractivity contribution >= 4 is 0 Å². The highest BCUT2D eigenvalue weighted by molar-refractivity contribution is 4.89. The summed E-state index contributed by atoms with van der Waals surface area (Å²) in [6.45, 7) is 7.89. The van der Waals surface area contributed by atoms with Gasteiger partial charge in [-0.25, -0.2) is 0 Å². The quantitative estimate of drug-likeness (QED) is 0.600. The summed E-state index contributed by atoms with van der Waals surface area (Å²) >= 11 is 0. The molecule has 0 saturated heterocycles. The molecular weight excluding hydrogens is 126 g/mol. The SMILES string of the molecule is CCC(C)([NH3+])C(C)(O)CC. The van der Waals surface area contributed by atoms with Crippen molar-refractivity contribution in [2.24, 2.45) is 0 Å². The van der Waals surface area contributed by atoms with E-state index in [0.717, 1.165) is 12.8 Å². The van der Waals surface area contributed by atoms with Gasteiger partial charge < -0.3 is 10.8 Å². The van der Waals surface area contributed by atoms with Crippen LogP contribution in [-0.2, 0) is 0 Å². The molecule has 10 heavy (non-hydrogen) atoms. The Morgan fingerprint density at radius 3 is 1.70 bits per heavy atom. The smallest absolute Gasteiger partial charge is 0.120 e. The Kier molecular flexibility index (Phi) is 2.86. The predicted octanol–water partition coefficient (Wildman–Crippen LogP) is 0.558. The van der Waals surface area contributed by atoms with Crippen LogP contribution in [0, 0.1) is 0 Å². The summed E-state index contributed by atoms with van der Waals surface area (Å²) in [4.78, 5) is 0. The first kappa shape index (κ1) is 9.92. The summed E-state index contributed by atoms with van der Waals surface area (Å²) in [5.74, 6) is 0. The molecule has 0 aromatic rings. The van der Waals surface area contributed by atoms with E-state index in [0.29, 0.717) is 0 Å². The molecular formula is C8H20NO+. The standard InChI is InChI=1S/C8H19NO/c1-5-7(3,9)8(4,10)6-2/h10H,5-6,9H2,1-4H3/p+1. The van der Waals surface area contributed by atoms with Gasteiger partial charge in [0.15, 0.2) is 0 Å². The fraction of sp³-hybridized carbons (Fsp3) is 1.00. The fourth-order valence-corrected chi connectivity index (χ4v) is 0.808. The van der Waals surface area contributed by atoms with E-state index in [1.807, 2.05) is 20.8 Å². The second-order valence-electron chi connectivity index (χ2n) is 3.54. The van der Waals surface area contributed by atoms with Crippen LogP contribution in [0.1, 0.15) is 40.5 Å². The number of hydrogen-bond donors (Lipinski definition) is 2. The molecule has 2 unspecified atom stereocenters. The van der Waals surface area contributed by atoms with Crippen molar-refractivity contribution in [1.29, 1.82) is 0 Å². The molecule has 0 aliphatic carbocycles. The van der Waals surface area contributed by atoms with Gasteiger partial charge >= 0.3 is 0 Å². The van der Waals surface area contributed by atoms with Gasteiger partial charge in [0.25, 0.3) is 0 Å². The molecule has 2 atom stereocenters. The molecule has 0 heterocycles. The lowest BCUT2D eigenvalue weighted by Crippen LogP contribution is -2.79. The van der Waals surface area contributed by atoms with Gasteiger partial charge in [0, 0.05) is 6.42 Å². The number of quaternary nitrogens is 1. The Labute approximate surface area is 63.4 Å². The van der Waals surface area contributed by atoms with Gasteiger partial charge in [-0.3, -0.25) is 0 Å². The monoisotopic (exact) mass is 146 g/mol. The molecule has 2 heteroatoms. The molecule has 2 nitrogen and oxygen atoms in total. The van der Waals surface area contributed by atoms with E-state index < -0.39 is 5.60 Å². The third-order valence-corrected chi connectivity index (χ3v) is 2.77. The van der Waals surface area contributed by atoms with Crippen LogP contribution in [0.3, 0.4) is 0 Å². The minimum atomic E-state index is -0.623.